The molecule has 4 unspecified atom stereocenters. The van der Waals surface area contributed by atoms with Crippen LogP contribution >= 0.6 is 0 Å². The Labute approximate surface area is 156 Å². The smallest absolute Gasteiger partial charge is 0.0522 e. The Morgan fingerprint density at radius 1 is 1.12 bits per heavy atom. The maximum atomic E-state index is 4.23. The number of nitrogens with zero attached hydrogens (tertiary/aromatic N) is 2. The van der Waals surface area contributed by atoms with Crippen molar-refractivity contribution in [1.82, 2.24) is 20.4 Å². The van der Waals surface area contributed by atoms with Gasteiger partial charge in [-0.2, -0.15) is 5.10 Å². The Morgan fingerprint density at radius 2 is 2.04 bits per heavy atom. The highest BCUT2D eigenvalue weighted by molar-refractivity contribution is 5.21. The van der Waals surface area contributed by atoms with Crippen molar-refractivity contribution >= 4 is 0 Å². The predicted octanol–water partition coefficient (Wildman–Crippen LogP) is 3.16. The van der Waals surface area contributed by atoms with E-state index in [-0.39, 0.29) is 0 Å². The van der Waals surface area contributed by atoms with Crippen LogP contribution in [0.4, 0.5) is 0 Å². The molecule has 2 fully saturated rings. The third kappa shape index (κ3) is 3.33. The van der Waals surface area contributed by atoms with E-state index in [0.29, 0.717) is 12.1 Å². The molecule has 2 N–H and O–H groups in total. The van der Waals surface area contributed by atoms with Gasteiger partial charge in [-0.05, 0) is 55.1 Å². The summed E-state index contributed by atoms with van der Waals surface area (Å²) in [5.74, 6) is 1.72. The van der Waals surface area contributed by atoms with E-state index in [1.165, 1.54) is 55.6 Å². The first-order valence-electron chi connectivity index (χ1n) is 10.4. The van der Waals surface area contributed by atoms with Crippen LogP contribution in [0.1, 0.15) is 42.5 Å². The van der Waals surface area contributed by atoms with Crippen LogP contribution in [0.5, 0.6) is 0 Å². The SMILES string of the molecule is c1ccc(CN2CC3CCCC(NC4CCc5[nH]ncc5C4)C3C2)cc1. The van der Waals surface area contributed by atoms with Crippen LogP contribution in [0.3, 0.4) is 0 Å². The van der Waals surface area contributed by atoms with E-state index in [0.717, 1.165) is 31.2 Å². The van der Waals surface area contributed by atoms with E-state index in [1.54, 1.807) is 0 Å². The van der Waals surface area contributed by atoms with Crippen molar-refractivity contribution in [1.29, 1.82) is 0 Å². The molecule has 4 heteroatoms. The minimum atomic E-state index is 0.632. The van der Waals surface area contributed by atoms with Gasteiger partial charge in [0, 0.05) is 37.4 Å². The fourth-order valence-electron chi connectivity index (χ4n) is 5.60. The molecule has 1 saturated heterocycles. The standard InChI is InChI=1S/C22H30N4/c1-2-5-16(6-3-1)13-26-14-17-7-4-8-22(20(17)15-26)24-19-9-10-21-18(11-19)12-23-25-21/h1-3,5-6,12,17,19-20,22,24H,4,7-11,13-15H2,(H,23,25). The zero-order valence-electron chi connectivity index (χ0n) is 15.5. The molecule has 26 heavy (non-hydrogen) atoms. The van der Waals surface area contributed by atoms with Gasteiger partial charge < -0.3 is 5.32 Å². The van der Waals surface area contributed by atoms with Gasteiger partial charge >= 0.3 is 0 Å². The van der Waals surface area contributed by atoms with Gasteiger partial charge in [-0.15, -0.1) is 0 Å². The van der Waals surface area contributed by atoms with E-state index in [1.807, 2.05) is 6.20 Å². The lowest BCUT2D eigenvalue weighted by molar-refractivity contribution is 0.202. The molecule has 2 heterocycles. The van der Waals surface area contributed by atoms with Gasteiger partial charge in [0.2, 0.25) is 0 Å². The van der Waals surface area contributed by atoms with E-state index >= 15 is 0 Å². The third-order valence-electron chi connectivity index (χ3n) is 6.89. The van der Waals surface area contributed by atoms with Crippen molar-refractivity contribution in [3.63, 3.8) is 0 Å². The number of rotatable bonds is 4. The van der Waals surface area contributed by atoms with E-state index < -0.39 is 0 Å². The third-order valence-corrected chi connectivity index (χ3v) is 6.89. The first kappa shape index (κ1) is 16.5. The molecule has 0 radical (unpaired) electrons. The highest BCUT2D eigenvalue weighted by atomic mass is 15.2. The molecule has 2 aliphatic carbocycles. The summed E-state index contributed by atoms with van der Waals surface area (Å²) >= 11 is 0. The Morgan fingerprint density at radius 3 is 2.96 bits per heavy atom. The fraction of sp³-hybridized carbons (Fsp3) is 0.591. The van der Waals surface area contributed by atoms with Gasteiger partial charge in [-0.3, -0.25) is 10.00 Å². The molecule has 1 aliphatic heterocycles. The van der Waals surface area contributed by atoms with Gasteiger partial charge in [0.05, 0.1) is 6.20 Å². The van der Waals surface area contributed by atoms with Crippen molar-refractivity contribution in [2.24, 2.45) is 11.8 Å². The van der Waals surface area contributed by atoms with Crippen molar-refractivity contribution < 1.29 is 0 Å². The van der Waals surface area contributed by atoms with Crippen LogP contribution in [0.15, 0.2) is 36.5 Å². The van der Waals surface area contributed by atoms with Crippen LogP contribution in [0.2, 0.25) is 0 Å². The number of hydrogen-bond donors (Lipinski definition) is 2. The van der Waals surface area contributed by atoms with E-state index in [4.69, 9.17) is 0 Å². The minimum Gasteiger partial charge on any atom is -0.311 e. The lowest BCUT2D eigenvalue weighted by atomic mass is 9.77. The zero-order chi connectivity index (χ0) is 17.3. The second-order valence-electron chi connectivity index (χ2n) is 8.62. The molecule has 2 aromatic rings. The summed E-state index contributed by atoms with van der Waals surface area (Å²) in [5.41, 5.74) is 4.24. The fourth-order valence-corrected chi connectivity index (χ4v) is 5.60. The molecule has 4 atom stereocenters. The highest BCUT2D eigenvalue weighted by Gasteiger charge is 2.40. The monoisotopic (exact) mass is 350 g/mol. The first-order valence-corrected chi connectivity index (χ1v) is 10.4. The number of H-pyrrole nitrogens is 1. The topological polar surface area (TPSA) is 44.0 Å². The summed E-state index contributed by atoms with van der Waals surface area (Å²) in [7, 11) is 0. The molecular formula is C22H30N4. The minimum absolute atomic E-state index is 0.632. The van der Waals surface area contributed by atoms with E-state index in [9.17, 15) is 0 Å². The number of benzene rings is 1. The Kier molecular flexibility index (Phi) is 4.55. The maximum absolute atomic E-state index is 4.23. The number of aromatic nitrogens is 2. The Balaban J connectivity index is 1.22. The largest absolute Gasteiger partial charge is 0.311 e. The molecule has 1 saturated carbocycles. The number of hydrogen-bond acceptors (Lipinski definition) is 3. The molecule has 0 spiro atoms. The van der Waals surface area contributed by atoms with Crippen LogP contribution < -0.4 is 5.32 Å². The number of aromatic amines is 1. The summed E-state index contributed by atoms with van der Waals surface area (Å²) in [5, 5.41) is 11.5. The normalized spacial score (nSPS) is 31.5. The molecular weight excluding hydrogens is 320 g/mol. The summed E-state index contributed by atoms with van der Waals surface area (Å²) in [6.07, 6.45) is 9.74. The van der Waals surface area contributed by atoms with Gasteiger partial charge in [0.15, 0.2) is 0 Å². The molecule has 138 valence electrons. The van der Waals surface area contributed by atoms with Crippen LogP contribution in [0.25, 0.3) is 0 Å². The second kappa shape index (κ2) is 7.16. The quantitative estimate of drug-likeness (QED) is 0.890. The van der Waals surface area contributed by atoms with Crippen LogP contribution in [-0.2, 0) is 19.4 Å². The first-order chi connectivity index (χ1) is 12.8. The molecule has 1 aromatic heterocycles. The molecule has 5 rings (SSSR count). The predicted molar refractivity (Wildman–Crippen MR) is 104 cm³/mol. The van der Waals surface area contributed by atoms with Gasteiger partial charge in [-0.25, -0.2) is 0 Å². The average molecular weight is 351 g/mol. The number of nitrogens with one attached hydrogen (secondary N) is 2. The van der Waals surface area contributed by atoms with Gasteiger partial charge in [0.25, 0.3) is 0 Å². The van der Waals surface area contributed by atoms with E-state index in [2.05, 4.69) is 50.7 Å². The average Bonchev–Trinajstić information content (AvgIpc) is 3.29. The lowest BCUT2D eigenvalue weighted by Gasteiger charge is -2.37. The van der Waals surface area contributed by atoms with Crippen molar-refractivity contribution in [2.75, 3.05) is 13.1 Å². The number of likely N-dealkylation sites (tertiary alicyclic amines) is 1. The Hall–Kier alpha value is -1.65. The number of fused-ring (bicyclic) bond motifs is 2. The molecule has 0 amide bonds. The van der Waals surface area contributed by atoms with Gasteiger partial charge in [0.1, 0.15) is 0 Å². The number of aryl methyl sites for hydroxylation is 1. The van der Waals surface area contributed by atoms with Crippen LogP contribution in [0, 0.1) is 11.8 Å². The summed E-state index contributed by atoms with van der Waals surface area (Å²) in [4.78, 5) is 2.69. The summed E-state index contributed by atoms with van der Waals surface area (Å²) in [6.45, 7) is 3.66. The molecule has 4 nitrogen and oxygen atoms in total. The molecule has 0 bridgehead atoms. The van der Waals surface area contributed by atoms with Gasteiger partial charge in [-0.1, -0.05) is 36.8 Å². The van der Waals surface area contributed by atoms with Crippen molar-refractivity contribution in [3.8, 4) is 0 Å². The van der Waals surface area contributed by atoms with Crippen molar-refractivity contribution in [3.05, 3.63) is 53.3 Å². The highest BCUT2D eigenvalue weighted by Crippen LogP contribution is 2.37. The lowest BCUT2D eigenvalue weighted by Crippen LogP contribution is -2.48. The Bertz CT molecular complexity index is 725. The second-order valence-corrected chi connectivity index (χ2v) is 8.62. The van der Waals surface area contributed by atoms with Crippen molar-refractivity contribution in [2.45, 2.75) is 57.2 Å². The van der Waals surface area contributed by atoms with Crippen LogP contribution in [-0.4, -0.2) is 40.3 Å². The molecule has 3 aliphatic rings. The maximum Gasteiger partial charge on any atom is 0.0522 e. The molecule has 1 aromatic carbocycles. The zero-order valence-corrected chi connectivity index (χ0v) is 15.5. The summed E-state index contributed by atoms with van der Waals surface area (Å²) < 4.78 is 0. The summed E-state index contributed by atoms with van der Waals surface area (Å²) in [6, 6.07) is 12.3.